The third-order valence-electron chi connectivity index (χ3n) is 3.82. The van der Waals surface area contributed by atoms with E-state index in [1.807, 2.05) is 18.5 Å². The Bertz CT molecular complexity index is 399. The summed E-state index contributed by atoms with van der Waals surface area (Å²) in [6, 6.07) is 2.54. The molecular formula is C13H17ClN2O. The number of hydrogen-bond acceptors (Lipinski definition) is 3. The van der Waals surface area contributed by atoms with Crippen LogP contribution in [0.5, 0.6) is 0 Å². The number of morpholine rings is 1. The normalized spacial score (nSPS) is 28.2. The SMILES string of the molecule is ClCc1ccncc1N1CCOC2CCCC21. The summed E-state index contributed by atoms with van der Waals surface area (Å²) in [7, 11) is 0. The van der Waals surface area contributed by atoms with Gasteiger partial charge in [0.05, 0.1) is 30.6 Å². The summed E-state index contributed by atoms with van der Waals surface area (Å²) in [4.78, 5) is 6.69. The molecule has 0 amide bonds. The molecule has 2 unspecified atom stereocenters. The lowest BCUT2D eigenvalue weighted by Crippen LogP contribution is -2.49. The van der Waals surface area contributed by atoms with Gasteiger partial charge in [0, 0.05) is 18.6 Å². The van der Waals surface area contributed by atoms with Crippen molar-refractivity contribution in [1.82, 2.24) is 4.98 Å². The largest absolute Gasteiger partial charge is 0.374 e. The molecule has 1 saturated carbocycles. The van der Waals surface area contributed by atoms with E-state index < -0.39 is 0 Å². The zero-order valence-electron chi connectivity index (χ0n) is 9.81. The number of aromatic nitrogens is 1. The van der Waals surface area contributed by atoms with Gasteiger partial charge in [-0.1, -0.05) is 0 Å². The van der Waals surface area contributed by atoms with Gasteiger partial charge in [-0.15, -0.1) is 11.6 Å². The van der Waals surface area contributed by atoms with Gasteiger partial charge < -0.3 is 9.64 Å². The third kappa shape index (κ3) is 2.02. The van der Waals surface area contributed by atoms with E-state index in [9.17, 15) is 0 Å². The minimum Gasteiger partial charge on any atom is -0.374 e. The highest BCUT2D eigenvalue weighted by Gasteiger charge is 2.36. The molecule has 92 valence electrons. The molecule has 1 aromatic rings. The number of pyridine rings is 1. The Morgan fingerprint density at radius 1 is 1.47 bits per heavy atom. The number of rotatable bonds is 2. The number of hydrogen-bond donors (Lipinski definition) is 0. The summed E-state index contributed by atoms with van der Waals surface area (Å²) in [5.41, 5.74) is 2.37. The molecule has 0 spiro atoms. The van der Waals surface area contributed by atoms with E-state index in [0.717, 1.165) is 13.2 Å². The van der Waals surface area contributed by atoms with E-state index in [4.69, 9.17) is 16.3 Å². The van der Waals surface area contributed by atoms with Gasteiger partial charge in [-0.3, -0.25) is 4.98 Å². The van der Waals surface area contributed by atoms with Crippen LogP contribution in [0.1, 0.15) is 24.8 Å². The van der Waals surface area contributed by atoms with Gasteiger partial charge in [0.25, 0.3) is 0 Å². The first-order valence-electron chi connectivity index (χ1n) is 6.27. The first-order valence-corrected chi connectivity index (χ1v) is 6.80. The molecule has 0 N–H and O–H groups in total. The third-order valence-corrected chi connectivity index (χ3v) is 4.11. The van der Waals surface area contributed by atoms with Crippen molar-refractivity contribution in [2.24, 2.45) is 0 Å². The zero-order valence-corrected chi connectivity index (χ0v) is 10.6. The van der Waals surface area contributed by atoms with E-state index in [1.165, 1.54) is 30.5 Å². The highest BCUT2D eigenvalue weighted by atomic mass is 35.5. The van der Waals surface area contributed by atoms with E-state index in [0.29, 0.717) is 18.0 Å². The highest BCUT2D eigenvalue weighted by molar-refractivity contribution is 6.17. The summed E-state index contributed by atoms with van der Waals surface area (Å²) < 4.78 is 5.83. The quantitative estimate of drug-likeness (QED) is 0.757. The Hall–Kier alpha value is -0.800. The van der Waals surface area contributed by atoms with Crippen LogP contribution in [0.3, 0.4) is 0 Å². The lowest BCUT2D eigenvalue weighted by molar-refractivity contribution is 0.0255. The Morgan fingerprint density at radius 2 is 2.41 bits per heavy atom. The average molecular weight is 253 g/mol. The molecule has 1 aliphatic heterocycles. The lowest BCUT2D eigenvalue weighted by Gasteiger charge is -2.39. The first kappa shape index (κ1) is 11.3. The molecule has 3 nitrogen and oxygen atoms in total. The average Bonchev–Trinajstić information content (AvgIpc) is 2.86. The van der Waals surface area contributed by atoms with Crippen molar-refractivity contribution >= 4 is 17.3 Å². The first-order chi connectivity index (χ1) is 8.40. The summed E-state index contributed by atoms with van der Waals surface area (Å²) in [6.07, 6.45) is 7.85. The number of halogens is 1. The molecule has 3 rings (SSSR count). The number of fused-ring (bicyclic) bond motifs is 1. The fraction of sp³-hybridized carbons (Fsp3) is 0.615. The number of alkyl halides is 1. The van der Waals surface area contributed by atoms with Crippen LogP contribution in [-0.2, 0) is 10.6 Å². The molecule has 1 aliphatic carbocycles. The second-order valence-electron chi connectivity index (χ2n) is 4.74. The molecule has 0 radical (unpaired) electrons. The molecule has 2 aliphatic rings. The van der Waals surface area contributed by atoms with Crippen LogP contribution in [0.4, 0.5) is 5.69 Å². The van der Waals surface area contributed by atoms with Gasteiger partial charge >= 0.3 is 0 Å². The fourth-order valence-corrected chi connectivity index (χ4v) is 3.24. The Kier molecular flexibility index (Phi) is 3.21. The number of anilines is 1. The van der Waals surface area contributed by atoms with Crippen molar-refractivity contribution in [2.45, 2.75) is 37.3 Å². The van der Waals surface area contributed by atoms with Gasteiger partial charge in [0.1, 0.15) is 0 Å². The molecule has 1 saturated heterocycles. The van der Waals surface area contributed by atoms with Gasteiger partial charge in [-0.05, 0) is 30.9 Å². The van der Waals surface area contributed by atoms with Crippen LogP contribution in [-0.4, -0.2) is 30.3 Å². The van der Waals surface area contributed by atoms with E-state index in [-0.39, 0.29) is 0 Å². The maximum absolute atomic E-state index is 6.01. The number of ether oxygens (including phenoxy) is 1. The molecule has 17 heavy (non-hydrogen) atoms. The Labute approximate surface area is 107 Å². The minimum absolute atomic E-state index is 0.409. The van der Waals surface area contributed by atoms with Crippen LogP contribution < -0.4 is 4.90 Å². The van der Waals surface area contributed by atoms with Crippen LogP contribution in [0.25, 0.3) is 0 Å². The summed E-state index contributed by atoms with van der Waals surface area (Å²) >= 11 is 6.01. The second kappa shape index (κ2) is 4.83. The molecule has 0 bridgehead atoms. The fourth-order valence-electron chi connectivity index (χ4n) is 3.01. The van der Waals surface area contributed by atoms with Crippen LogP contribution in [0.15, 0.2) is 18.5 Å². The summed E-state index contributed by atoms with van der Waals surface area (Å²) in [5.74, 6) is 0.548. The van der Waals surface area contributed by atoms with E-state index in [1.54, 1.807) is 0 Å². The van der Waals surface area contributed by atoms with E-state index >= 15 is 0 Å². The maximum Gasteiger partial charge on any atom is 0.0779 e. The molecule has 1 aromatic heterocycles. The highest BCUT2D eigenvalue weighted by Crippen LogP contribution is 2.34. The molecule has 2 heterocycles. The molecule has 2 atom stereocenters. The van der Waals surface area contributed by atoms with Crippen molar-refractivity contribution < 1.29 is 4.74 Å². The van der Waals surface area contributed by atoms with Crippen LogP contribution >= 0.6 is 11.6 Å². The van der Waals surface area contributed by atoms with Crippen molar-refractivity contribution in [1.29, 1.82) is 0 Å². The zero-order chi connectivity index (χ0) is 11.7. The van der Waals surface area contributed by atoms with Crippen LogP contribution in [0.2, 0.25) is 0 Å². The number of nitrogens with zero attached hydrogens (tertiary/aromatic N) is 2. The van der Waals surface area contributed by atoms with Gasteiger partial charge in [0.15, 0.2) is 0 Å². The lowest BCUT2D eigenvalue weighted by atomic mass is 10.1. The minimum atomic E-state index is 0.409. The smallest absolute Gasteiger partial charge is 0.0779 e. The predicted molar refractivity (Wildman–Crippen MR) is 68.5 cm³/mol. The van der Waals surface area contributed by atoms with E-state index in [2.05, 4.69) is 9.88 Å². The summed E-state index contributed by atoms with van der Waals surface area (Å²) in [6.45, 7) is 1.77. The van der Waals surface area contributed by atoms with Crippen LogP contribution in [0, 0.1) is 0 Å². The topological polar surface area (TPSA) is 25.4 Å². The van der Waals surface area contributed by atoms with Gasteiger partial charge in [-0.2, -0.15) is 0 Å². The molecule has 4 heteroatoms. The van der Waals surface area contributed by atoms with Crippen molar-refractivity contribution in [3.8, 4) is 0 Å². The Balaban J connectivity index is 1.91. The Morgan fingerprint density at radius 3 is 3.29 bits per heavy atom. The van der Waals surface area contributed by atoms with Gasteiger partial charge in [-0.25, -0.2) is 0 Å². The monoisotopic (exact) mass is 252 g/mol. The molecule has 2 fully saturated rings. The van der Waals surface area contributed by atoms with Crippen molar-refractivity contribution in [3.05, 3.63) is 24.0 Å². The maximum atomic E-state index is 6.01. The van der Waals surface area contributed by atoms with Crippen molar-refractivity contribution in [2.75, 3.05) is 18.1 Å². The predicted octanol–water partition coefficient (Wildman–Crippen LogP) is 2.58. The van der Waals surface area contributed by atoms with Crippen molar-refractivity contribution in [3.63, 3.8) is 0 Å². The summed E-state index contributed by atoms with van der Waals surface area (Å²) in [5, 5.41) is 0. The second-order valence-corrected chi connectivity index (χ2v) is 5.01. The molecule has 0 aromatic carbocycles. The standard InChI is InChI=1S/C13H17ClN2O/c14-8-10-4-5-15-9-12(10)16-6-7-17-13-3-1-2-11(13)16/h4-5,9,11,13H,1-3,6-8H2. The van der Waals surface area contributed by atoms with Gasteiger partial charge in [0.2, 0.25) is 0 Å². The molecular weight excluding hydrogens is 236 g/mol.